The van der Waals surface area contributed by atoms with Gasteiger partial charge in [0.15, 0.2) is 0 Å². The number of hydrogen-bond acceptors (Lipinski definition) is 5. The second-order valence-electron chi connectivity index (χ2n) is 6.52. The van der Waals surface area contributed by atoms with Gasteiger partial charge in [-0.2, -0.15) is 0 Å². The Balaban J connectivity index is 1.59. The van der Waals surface area contributed by atoms with Gasteiger partial charge in [0.1, 0.15) is 11.2 Å². The molecule has 1 N–H and O–H groups in total. The number of pyridine rings is 1. The van der Waals surface area contributed by atoms with Gasteiger partial charge in [0.2, 0.25) is 0 Å². The van der Waals surface area contributed by atoms with E-state index in [-0.39, 0.29) is 5.63 Å². The fourth-order valence-electron chi connectivity index (χ4n) is 3.50. The van der Waals surface area contributed by atoms with Gasteiger partial charge in [0.25, 0.3) is 0 Å². The van der Waals surface area contributed by atoms with Crippen molar-refractivity contribution in [1.82, 2.24) is 14.7 Å². The minimum Gasteiger partial charge on any atom is -0.422 e. The number of anilines is 1. The molecule has 3 aromatic heterocycles. The third-order valence-corrected chi connectivity index (χ3v) is 4.90. The number of nitrogens with one attached hydrogen (secondary N) is 1. The Morgan fingerprint density at radius 1 is 1.08 bits per heavy atom. The Labute approximate surface area is 149 Å². The molecule has 1 aromatic carbocycles. The lowest BCUT2D eigenvalue weighted by Gasteiger charge is -2.29. The molecule has 0 bridgehead atoms. The lowest BCUT2D eigenvalue weighted by molar-refractivity contribution is 0.561. The zero-order valence-electron chi connectivity index (χ0n) is 14.2. The van der Waals surface area contributed by atoms with Crippen molar-refractivity contribution in [3.8, 4) is 11.1 Å². The maximum Gasteiger partial charge on any atom is 0.344 e. The van der Waals surface area contributed by atoms with Crippen LogP contribution in [0.15, 0.2) is 64.2 Å². The molecule has 5 rings (SSSR count). The van der Waals surface area contributed by atoms with E-state index in [1.807, 2.05) is 47.1 Å². The standard InChI is InChI=1S/C20H18N4O2/c25-20-17(15-2-4-19-22-7-10-24(19)13-15)11-14-1-3-16(12-18(14)26-20)23-8-5-21-6-9-23/h1-4,7,10-13,21H,5-6,8-9H2. The van der Waals surface area contributed by atoms with E-state index in [9.17, 15) is 4.79 Å². The molecule has 0 unspecified atom stereocenters. The molecular weight excluding hydrogens is 328 g/mol. The molecule has 4 aromatic rings. The molecule has 0 amide bonds. The van der Waals surface area contributed by atoms with E-state index in [2.05, 4.69) is 21.3 Å². The van der Waals surface area contributed by atoms with E-state index in [4.69, 9.17) is 4.42 Å². The second-order valence-corrected chi connectivity index (χ2v) is 6.52. The van der Waals surface area contributed by atoms with Gasteiger partial charge in [-0.05, 0) is 30.3 Å². The molecule has 26 heavy (non-hydrogen) atoms. The first-order valence-corrected chi connectivity index (χ1v) is 8.75. The van der Waals surface area contributed by atoms with Gasteiger partial charge in [0, 0.05) is 67.5 Å². The number of rotatable bonds is 2. The number of piperazine rings is 1. The summed E-state index contributed by atoms with van der Waals surface area (Å²) >= 11 is 0. The molecule has 6 heteroatoms. The summed E-state index contributed by atoms with van der Waals surface area (Å²) < 4.78 is 7.54. The van der Waals surface area contributed by atoms with Gasteiger partial charge < -0.3 is 19.0 Å². The van der Waals surface area contributed by atoms with Crippen molar-refractivity contribution in [1.29, 1.82) is 0 Å². The molecule has 4 heterocycles. The van der Waals surface area contributed by atoms with Gasteiger partial charge in [-0.1, -0.05) is 0 Å². The molecule has 1 saturated heterocycles. The predicted octanol–water partition coefficient (Wildman–Crippen LogP) is 2.52. The molecule has 130 valence electrons. The van der Waals surface area contributed by atoms with Crippen LogP contribution in [0.2, 0.25) is 0 Å². The Hall–Kier alpha value is -3.12. The van der Waals surface area contributed by atoms with E-state index in [0.29, 0.717) is 11.1 Å². The molecule has 1 aliphatic rings. The molecule has 0 saturated carbocycles. The van der Waals surface area contributed by atoms with Crippen LogP contribution in [0.3, 0.4) is 0 Å². The van der Waals surface area contributed by atoms with Crippen molar-refractivity contribution in [3.05, 3.63) is 65.4 Å². The number of nitrogens with zero attached hydrogens (tertiary/aromatic N) is 3. The Kier molecular flexibility index (Phi) is 3.50. The maximum absolute atomic E-state index is 12.6. The quantitative estimate of drug-likeness (QED) is 0.565. The minimum absolute atomic E-state index is 0.325. The van der Waals surface area contributed by atoms with Crippen molar-refractivity contribution in [2.75, 3.05) is 31.1 Å². The van der Waals surface area contributed by atoms with Crippen LogP contribution in [0, 0.1) is 0 Å². The average Bonchev–Trinajstić information content (AvgIpc) is 3.15. The Bertz CT molecular complexity index is 1160. The highest BCUT2D eigenvalue weighted by Gasteiger charge is 2.13. The summed E-state index contributed by atoms with van der Waals surface area (Å²) in [6.07, 6.45) is 5.50. The number of aromatic nitrogens is 2. The predicted molar refractivity (Wildman–Crippen MR) is 102 cm³/mol. The second kappa shape index (κ2) is 6.00. The molecular formula is C20H18N4O2. The van der Waals surface area contributed by atoms with E-state index >= 15 is 0 Å². The van der Waals surface area contributed by atoms with Crippen molar-refractivity contribution < 1.29 is 4.42 Å². The van der Waals surface area contributed by atoms with Crippen LogP contribution in [-0.4, -0.2) is 35.6 Å². The van der Waals surface area contributed by atoms with Crippen LogP contribution in [0.4, 0.5) is 5.69 Å². The van der Waals surface area contributed by atoms with E-state index in [0.717, 1.165) is 48.5 Å². The smallest absolute Gasteiger partial charge is 0.344 e. The zero-order chi connectivity index (χ0) is 17.5. The van der Waals surface area contributed by atoms with Gasteiger partial charge in [-0.25, -0.2) is 9.78 Å². The largest absolute Gasteiger partial charge is 0.422 e. The number of benzene rings is 1. The van der Waals surface area contributed by atoms with Crippen molar-refractivity contribution in [3.63, 3.8) is 0 Å². The van der Waals surface area contributed by atoms with E-state index < -0.39 is 0 Å². The van der Waals surface area contributed by atoms with Crippen LogP contribution in [0.25, 0.3) is 27.7 Å². The van der Waals surface area contributed by atoms with Gasteiger partial charge in [-0.3, -0.25) is 0 Å². The third kappa shape index (κ3) is 2.55. The molecule has 0 aliphatic carbocycles. The molecule has 1 fully saturated rings. The maximum atomic E-state index is 12.6. The van der Waals surface area contributed by atoms with Crippen molar-refractivity contribution >= 4 is 22.3 Å². The first-order valence-electron chi connectivity index (χ1n) is 8.75. The topological polar surface area (TPSA) is 62.8 Å². The van der Waals surface area contributed by atoms with Crippen LogP contribution in [-0.2, 0) is 0 Å². The van der Waals surface area contributed by atoms with E-state index in [1.54, 1.807) is 6.20 Å². The fraction of sp³-hybridized carbons (Fsp3) is 0.200. The van der Waals surface area contributed by atoms with Crippen LogP contribution in [0.1, 0.15) is 0 Å². The molecule has 6 nitrogen and oxygen atoms in total. The Morgan fingerprint density at radius 3 is 2.85 bits per heavy atom. The summed E-state index contributed by atoms with van der Waals surface area (Å²) in [7, 11) is 0. The lowest BCUT2D eigenvalue weighted by atomic mass is 10.1. The van der Waals surface area contributed by atoms with Crippen molar-refractivity contribution in [2.45, 2.75) is 0 Å². The highest BCUT2D eigenvalue weighted by atomic mass is 16.4. The molecule has 0 spiro atoms. The number of imidazole rings is 1. The molecule has 0 radical (unpaired) electrons. The number of hydrogen-bond donors (Lipinski definition) is 1. The SMILES string of the molecule is O=c1oc2cc(N3CCNCC3)ccc2cc1-c1ccc2nccn2c1. The Morgan fingerprint density at radius 2 is 1.96 bits per heavy atom. The van der Waals surface area contributed by atoms with Gasteiger partial charge >= 0.3 is 5.63 Å². The summed E-state index contributed by atoms with van der Waals surface area (Å²) in [4.78, 5) is 19.1. The zero-order valence-corrected chi connectivity index (χ0v) is 14.2. The summed E-state index contributed by atoms with van der Waals surface area (Å²) in [6, 6.07) is 11.8. The van der Waals surface area contributed by atoms with Gasteiger partial charge in [-0.15, -0.1) is 0 Å². The normalized spacial score (nSPS) is 15.0. The van der Waals surface area contributed by atoms with Crippen molar-refractivity contribution in [2.24, 2.45) is 0 Å². The minimum atomic E-state index is -0.325. The van der Waals surface area contributed by atoms with Crippen LogP contribution in [0.5, 0.6) is 0 Å². The first kappa shape index (κ1) is 15.2. The highest BCUT2D eigenvalue weighted by molar-refractivity contribution is 5.84. The summed E-state index contributed by atoms with van der Waals surface area (Å²) in [5.41, 5.74) is 3.61. The average molecular weight is 346 g/mol. The van der Waals surface area contributed by atoms with Crippen LogP contribution >= 0.6 is 0 Å². The summed E-state index contributed by atoms with van der Waals surface area (Å²) in [5, 5.41) is 4.27. The summed E-state index contributed by atoms with van der Waals surface area (Å²) in [6.45, 7) is 3.85. The first-order chi connectivity index (χ1) is 12.8. The monoisotopic (exact) mass is 346 g/mol. The lowest BCUT2D eigenvalue weighted by Crippen LogP contribution is -2.43. The van der Waals surface area contributed by atoms with Crippen LogP contribution < -0.4 is 15.8 Å². The highest BCUT2D eigenvalue weighted by Crippen LogP contribution is 2.25. The molecule has 0 atom stereocenters. The van der Waals surface area contributed by atoms with Gasteiger partial charge in [0.05, 0.1) is 5.56 Å². The third-order valence-electron chi connectivity index (χ3n) is 4.90. The van der Waals surface area contributed by atoms with E-state index in [1.165, 1.54) is 0 Å². The molecule has 1 aliphatic heterocycles. The summed E-state index contributed by atoms with van der Waals surface area (Å²) in [5.74, 6) is 0. The number of fused-ring (bicyclic) bond motifs is 2. The fourth-order valence-corrected chi connectivity index (χ4v) is 3.50.